The molecule has 2 aromatic heterocycles. The van der Waals surface area contributed by atoms with Crippen LogP contribution in [0.1, 0.15) is 25.3 Å². The van der Waals surface area contributed by atoms with Crippen LogP contribution in [0, 0.1) is 5.92 Å². The van der Waals surface area contributed by atoms with Crippen molar-refractivity contribution >= 4 is 5.91 Å². The van der Waals surface area contributed by atoms with Crippen molar-refractivity contribution in [3.8, 4) is 0 Å². The van der Waals surface area contributed by atoms with E-state index in [1.54, 1.807) is 19.6 Å². The molecule has 0 N–H and O–H groups in total. The van der Waals surface area contributed by atoms with E-state index >= 15 is 0 Å². The van der Waals surface area contributed by atoms with Gasteiger partial charge >= 0.3 is 0 Å². The van der Waals surface area contributed by atoms with Gasteiger partial charge in [0.15, 0.2) is 0 Å². The van der Waals surface area contributed by atoms with Crippen LogP contribution >= 0.6 is 0 Å². The summed E-state index contributed by atoms with van der Waals surface area (Å²) in [6.45, 7) is 5.42. The molecule has 1 amide bonds. The van der Waals surface area contributed by atoms with Crippen LogP contribution in [-0.2, 0) is 24.9 Å². The van der Waals surface area contributed by atoms with Crippen LogP contribution in [-0.4, -0.2) is 65.4 Å². The van der Waals surface area contributed by atoms with Gasteiger partial charge in [-0.25, -0.2) is 4.98 Å². The molecule has 25 heavy (non-hydrogen) atoms. The number of fused-ring (bicyclic) bond motifs is 1. The third-order valence-electron chi connectivity index (χ3n) is 5.50. The monoisotopic (exact) mass is 343 g/mol. The quantitative estimate of drug-likeness (QED) is 0.809. The van der Waals surface area contributed by atoms with Gasteiger partial charge in [-0.05, 0) is 18.8 Å². The molecule has 8 heteroatoms. The smallest absolute Gasteiger partial charge is 0.220 e. The van der Waals surface area contributed by atoms with Gasteiger partial charge in [-0.15, -0.1) is 0 Å². The Labute approximate surface area is 147 Å². The lowest BCUT2D eigenvalue weighted by atomic mass is 9.92. The van der Waals surface area contributed by atoms with Gasteiger partial charge in [0.1, 0.15) is 12.7 Å². The van der Waals surface area contributed by atoms with E-state index < -0.39 is 0 Å². The lowest BCUT2D eigenvalue weighted by Crippen LogP contribution is -2.48. The van der Waals surface area contributed by atoms with Gasteiger partial charge in [0.25, 0.3) is 0 Å². The number of carbonyl (C=O) groups excluding carboxylic acids is 1. The fraction of sp³-hybridized carbons (Fsp3) is 0.647. The molecule has 2 aliphatic heterocycles. The van der Waals surface area contributed by atoms with Crippen molar-refractivity contribution in [2.45, 2.75) is 44.9 Å². The van der Waals surface area contributed by atoms with Crippen LogP contribution in [0.5, 0.6) is 0 Å². The number of hydrogen-bond donors (Lipinski definition) is 0. The van der Waals surface area contributed by atoms with Crippen LogP contribution in [0.4, 0.5) is 0 Å². The van der Waals surface area contributed by atoms with Gasteiger partial charge in [0.2, 0.25) is 5.91 Å². The summed E-state index contributed by atoms with van der Waals surface area (Å²) in [5.74, 6) is 0.709. The summed E-state index contributed by atoms with van der Waals surface area (Å²) >= 11 is 0. The summed E-state index contributed by atoms with van der Waals surface area (Å²) in [6.07, 6.45) is 9.38. The van der Waals surface area contributed by atoms with Crippen molar-refractivity contribution in [2.24, 2.45) is 13.0 Å². The Hall–Kier alpha value is -2.22. The Morgan fingerprint density at radius 1 is 1.36 bits per heavy atom. The predicted octanol–water partition coefficient (Wildman–Crippen LogP) is 0.523. The molecule has 0 unspecified atom stereocenters. The third-order valence-corrected chi connectivity index (χ3v) is 5.50. The molecule has 4 heterocycles. The molecule has 134 valence electrons. The summed E-state index contributed by atoms with van der Waals surface area (Å²) in [5.41, 5.74) is 1.25. The third kappa shape index (κ3) is 3.30. The second kappa shape index (κ2) is 6.59. The van der Waals surface area contributed by atoms with E-state index in [2.05, 4.69) is 31.2 Å². The molecular weight excluding hydrogens is 318 g/mol. The van der Waals surface area contributed by atoms with Gasteiger partial charge in [0.05, 0.1) is 18.8 Å². The largest absolute Gasteiger partial charge is 0.335 e. The van der Waals surface area contributed by atoms with E-state index in [0.717, 1.165) is 39.0 Å². The fourth-order valence-corrected chi connectivity index (χ4v) is 4.58. The van der Waals surface area contributed by atoms with E-state index in [0.29, 0.717) is 12.0 Å². The van der Waals surface area contributed by atoms with Crippen LogP contribution in [0.2, 0.25) is 0 Å². The predicted molar refractivity (Wildman–Crippen MR) is 91.3 cm³/mol. The maximum absolute atomic E-state index is 12.3. The minimum absolute atomic E-state index is 0.179. The Morgan fingerprint density at radius 2 is 2.24 bits per heavy atom. The first-order chi connectivity index (χ1) is 12.1. The number of likely N-dealkylation sites (tertiary alicyclic amines) is 2. The van der Waals surface area contributed by atoms with E-state index in [-0.39, 0.29) is 11.9 Å². The number of rotatable bonds is 4. The Balaban J connectivity index is 1.44. The van der Waals surface area contributed by atoms with E-state index in [1.807, 2.05) is 22.6 Å². The number of piperidine rings is 1. The average Bonchev–Trinajstić information content (AvgIpc) is 3.27. The molecule has 2 aromatic rings. The highest BCUT2D eigenvalue weighted by atomic mass is 16.2. The Bertz CT molecular complexity index is 725. The molecule has 2 saturated heterocycles. The highest BCUT2D eigenvalue weighted by molar-refractivity contribution is 5.74. The number of aryl methyl sites for hydroxylation is 1. The first kappa shape index (κ1) is 16.3. The molecular formula is C17H25N7O. The van der Waals surface area contributed by atoms with Gasteiger partial charge in [-0.3, -0.25) is 19.1 Å². The van der Waals surface area contributed by atoms with Gasteiger partial charge in [0, 0.05) is 51.4 Å². The lowest BCUT2D eigenvalue weighted by Gasteiger charge is -2.38. The minimum Gasteiger partial charge on any atom is -0.335 e. The molecule has 2 aliphatic rings. The van der Waals surface area contributed by atoms with Crippen LogP contribution < -0.4 is 0 Å². The van der Waals surface area contributed by atoms with Gasteiger partial charge in [-0.1, -0.05) is 0 Å². The second-order valence-electron chi connectivity index (χ2n) is 7.31. The van der Waals surface area contributed by atoms with Crippen molar-refractivity contribution in [1.82, 2.24) is 34.3 Å². The summed E-state index contributed by atoms with van der Waals surface area (Å²) in [6, 6.07) is 0.573. The minimum atomic E-state index is 0.179. The van der Waals surface area contributed by atoms with Crippen molar-refractivity contribution in [3.63, 3.8) is 0 Å². The molecule has 0 aromatic carbocycles. The Kier molecular flexibility index (Phi) is 4.29. The van der Waals surface area contributed by atoms with E-state index in [4.69, 9.17) is 0 Å². The van der Waals surface area contributed by atoms with Crippen LogP contribution in [0.15, 0.2) is 25.0 Å². The first-order valence-corrected chi connectivity index (χ1v) is 8.91. The standard InChI is InChI=1S/C17H25N7O/c1-13(25)24-16(10-23-12-18-11-20-23)5-15-9-22(4-3-17(15)24)8-14-6-19-21(2)7-14/h6-7,11-12,15-17H,3-5,8-10H2,1-2H3/t15-,16+,17+/m0/s1. The van der Waals surface area contributed by atoms with Crippen molar-refractivity contribution < 1.29 is 4.79 Å². The molecule has 0 bridgehead atoms. The summed E-state index contributed by atoms with van der Waals surface area (Å²) < 4.78 is 3.69. The number of amides is 1. The van der Waals surface area contributed by atoms with E-state index in [1.165, 1.54) is 5.56 Å². The molecule has 3 atom stereocenters. The molecule has 2 fully saturated rings. The van der Waals surface area contributed by atoms with Gasteiger partial charge in [-0.2, -0.15) is 10.2 Å². The topological polar surface area (TPSA) is 72.1 Å². The fourth-order valence-electron chi connectivity index (χ4n) is 4.58. The first-order valence-electron chi connectivity index (χ1n) is 8.91. The SMILES string of the molecule is CC(=O)N1[C@@H](Cn2cncn2)C[C@H]2CN(Cc3cnn(C)c3)CC[C@H]21. The van der Waals surface area contributed by atoms with Crippen molar-refractivity contribution in [1.29, 1.82) is 0 Å². The Morgan fingerprint density at radius 3 is 2.92 bits per heavy atom. The highest BCUT2D eigenvalue weighted by Gasteiger charge is 2.45. The molecule has 4 rings (SSSR count). The maximum Gasteiger partial charge on any atom is 0.220 e. The van der Waals surface area contributed by atoms with Crippen molar-refractivity contribution in [2.75, 3.05) is 13.1 Å². The number of aromatic nitrogens is 5. The molecule has 0 spiro atoms. The molecule has 8 nitrogen and oxygen atoms in total. The average molecular weight is 343 g/mol. The van der Waals surface area contributed by atoms with Crippen LogP contribution in [0.3, 0.4) is 0 Å². The zero-order chi connectivity index (χ0) is 17.4. The number of carbonyl (C=O) groups is 1. The number of nitrogens with zero attached hydrogens (tertiary/aromatic N) is 7. The maximum atomic E-state index is 12.3. The highest BCUT2D eigenvalue weighted by Crippen LogP contribution is 2.36. The number of hydrogen-bond acceptors (Lipinski definition) is 5. The van der Waals surface area contributed by atoms with Crippen molar-refractivity contribution in [3.05, 3.63) is 30.6 Å². The second-order valence-corrected chi connectivity index (χ2v) is 7.31. The van der Waals surface area contributed by atoms with E-state index in [9.17, 15) is 4.79 Å². The zero-order valence-electron chi connectivity index (χ0n) is 14.8. The summed E-state index contributed by atoms with van der Waals surface area (Å²) in [4.78, 5) is 20.9. The molecule has 0 saturated carbocycles. The summed E-state index contributed by atoms with van der Waals surface area (Å²) in [7, 11) is 1.95. The lowest BCUT2D eigenvalue weighted by molar-refractivity contribution is -0.133. The zero-order valence-corrected chi connectivity index (χ0v) is 14.8. The van der Waals surface area contributed by atoms with Gasteiger partial charge < -0.3 is 4.90 Å². The summed E-state index contributed by atoms with van der Waals surface area (Å²) in [5, 5.41) is 8.47. The normalized spacial score (nSPS) is 26.8. The van der Waals surface area contributed by atoms with Crippen LogP contribution in [0.25, 0.3) is 0 Å². The molecule has 0 aliphatic carbocycles. The molecule has 0 radical (unpaired) electrons.